The molecule has 5 nitrogen and oxygen atoms in total. The zero-order chi connectivity index (χ0) is 18.5. The molecule has 0 atom stereocenters. The minimum absolute atomic E-state index is 0.202. The number of nitriles is 1. The number of anilines is 1. The van der Waals surface area contributed by atoms with Crippen molar-refractivity contribution >= 4 is 16.6 Å². The molecule has 2 aromatic carbocycles. The first-order chi connectivity index (χ1) is 13.2. The van der Waals surface area contributed by atoms with E-state index in [9.17, 15) is 10.4 Å². The summed E-state index contributed by atoms with van der Waals surface area (Å²) in [6, 6.07) is 15.5. The van der Waals surface area contributed by atoms with Gasteiger partial charge in [-0.25, -0.2) is 4.98 Å². The zero-order valence-corrected chi connectivity index (χ0v) is 14.3. The average molecular weight is 350 g/mol. The number of aromatic hydroxyl groups is 1. The van der Waals surface area contributed by atoms with Crippen LogP contribution >= 0.6 is 0 Å². The van der Waals surface area contributed by atoms with Crippen LogP contribution in [0.5, 0.6) is 5.75 Å². The summed E-state index contributed by atoms with van der Waals surface area (Å²) >= 11 is 0. The van der Waals surface area contributed by atoms with Crippen LogP contribution in [0.25, 0.3) is 33.2 Å². The highest BCUT2D eigenvalue weighted by atomic mass is 16.3. The molecule has 0 saturated heterocycles. The molecular weight excluding hydrogens is 336 g/mol. The number of nitrogen functional groups attached to an aromatic ring is 1. The predicted octanol–water partition coefficient (Wildman–Crippen LogP) is 4.03. The first kappa shape index (κ1) is 15.4. The van der Waals surface area contributed by atoms with E-state index in [1.54, 1.807) is 24.5 Å². The smallest absolute Gasteiger partial charge is 0.142 e. The highest BCUT2D eigenvalue weighted by Crippen LogP contribution is 2.46. The van der Waals surface area contributed by atoms with Crippen LogP contribution in [0.3, 0.4) is 0 Å². The third kappa shape index (κ3) is 2.10. The summed E-state index contributed by atoms with van der Waals surface area (Å²) in [5.74, 6) is 0.434. The van der Waals surface area contributed by atoms with E-state index < -0.39 is 0 Å². The van der Waals surface area contributed by atoms with Crippen molar-refractivity contribution in [3.63, 3.8) is 0 Å². The molecule has 2 heterocycles. The minimum atomic E-state index is 0.202. The third-order valence-electron chi connectivity index (χ3n) is 5.15. The lowest BCUT2D eigenvalue weighted by molar-refractivity contribution is 0.470. The Kier molecular flexibility index (Phi) is 3.15. The largest absolute Gasteiger partial charge is 0.508 e. The van der Waals surface area contributed by atoms with Crippen LogP contribution < -0.4 is 5.73 Å². The summed E-state index contributed by atoms with van der Waals surface area (Å²) < 4.78 is 0. The number of benzene rings is 2. The summed E-state index contributed by atoms with van der Waals surface area (Å²) in [5.41, 5.74) is 11.6. The molecule has 1 aliphatic rings. The molecule has 0 unspecified atom stereocenters. The van der Waals surface area contributed by atoms with Crippen molar-refractivity contribution in [1.29, 1.82) is 5.26 Å². The van der Waals surface area contributed by atoms with Gasteiger partial charge in [0.15, 0.2) is 0 Å². The summed E-state index contributed by atoms with van der Waals surface area (Å²) in [7, 11) is 0. The zero-order valence-electron chi connectivity index (χ0n) is 14.3. The number of nitrogens with zero attached hydrogens (tertiary/aromatic N) is 3. The van der Waals surface area contributed by atoms with Crippen molar-refractivity contribution in [2.45, 2.75) is 6.42 Å². The Morgan fingerprint density at radius 1 is 1.04 bits per heavy atom. The van der Waals surface area contributed by atoms with Crippen LogP contribution in [-0.2, 0) is 6.42 Å². The molecule has 5 rings (SSSR count). The molecule has 4 aromatic rings. The maximum atomic E-state index is 10.3. The molecule has 27 heavy (non-hydrogen) atoms. The summed E-state index contributed by atoms with van der Waals surface area (Å²) in [4.78, 5) is 8.69. The minimum Gasteiger partial charge on any atom is -0.508 e. The number of aromatic nitrogens is 2. The van der Waals surface area contributed by atoms with Crippen molar-refractivity contribution < 1.29 is 5.11 Å². The Bertz CT molecular complexity index is 1280. The topological polar surface area (TPSA) is 95.8 Å². The van der Waals surface area contributed by atoms with Crippen LogP contribution in [0.15, 0.2) is 54.9 Å². The fraction of sp³-hybridized carbons (Fsp3) is 0.0455. The van der Waals surface area contributed by atoms with E-state index >= 15 is 0 Å². The van der Waals surface area contributed by atoms with E-state index in [-0.39, 0.29) is 11.6 Å². The second kappa shape index (κ2) is 5.55. The van der Waals surface area contributed by atoms with Gasteiger partial charge in [0.1, 0.15) is 23.2 Å². The molecule has 0 spiro atoms. The van der Waals surface area contributed by atoms with E-state index in [1.165, 1.54) is 0 Å². The molecule has 1 aliphatic carbocycles. The molecule has 3 N–H and O–H groups in total. The lowest BCUT2D eigenvalue weighted by atomic mass is 9.91. The van der Waals surface area contributed by atoms with E-state index in [2.05, 4.69) is 16.0 Å². The van der Waals surface area contributed by atoms with E-state index in [0.717, 1.165) is 44.3 Å². The van der Waals surface area contributed by atoms with Crippen LogP contribution in [0.2, 0.25) is 0 Å². The highest BCUT2D eigenvalue weighted by molar-refractivity contribution is 6.01. The first-order valence-electron chi connectivity index (χ1n) is 8.56. The molecule has 0 aliphatic heterocycles. The van der Waals surface area contributed by atoms with Crippen LogP contribution in [0.4, 0.5) is 5.82 Å². The summed E-state index contributed by atoms with van der Waals surface area (Å²) in [5, 5.41) is 22.1. The summed E-state index contributed by atoms with van der Waals surface area (Å²) in [6.45, 7) is 0. The number of phenols is 1. The van der Waals surface area contributed by atoms with Gasteiger partial charge in [-0.05, 0) is 28.6 Å². The van der Waals surface area contributed by atoms with Gasteiger partial charge < -0.3 is 10.8 Å². The van der Waals surface area contributed by atoms with Crippen molar-refractivity contribution in [3.05, 3.63) is 71.5 Å². The standard InChI is InChI=1S/C22H14N4O/c23-10-18-20(14-4-1-3-12-11-25-8-7-13(12)14)17-9-16-15(5-2-6-19(16)27)21(17)26-22(18)24/h1-8,11,27H,9H2,(H2,24,26). The molecule has 0 amide bonds. The second-order valence-electron chi connectivity index (χ2n) is 6.57. The van der Waals surface area contributed by atoms with Crippen molar-refractivity contribution in [2.75, 3.05) is 5.73 Å². The molecule has 5 heteroatoms. The van der Waals surface area contributed by atoms with Gasteiger partial charge in [0, 0.05) is 40.9 Å². The number of pyridine rings is 2. The van der Waals surface area contributed by atoms with Crippen molar-refractivity contribution in [1.82, 2.24) is 9.97 Å². The number of fused-ring (bicyclic) bond motifs is 4. The molecule has 0 bridgehead atoms. The first-order valence-corrected chi connectivity index (χ1v) is 8.56. The van der Waals surface area contributed by atoms with Crippen LogP contribution in [0, 0.1) is 11.3 Å². The fourth-order valence-corrected chi connectivity index (χ4v) is 3.95. The van der Waals surface area contributed by atoms with Gasteiger partial charge in [0.25, 0.3) is 0 Å². The molecule has 2 aromatic heterocycles. The van der Waals surface area contributed by atoms with Gasteiger partial charge in [0.05, 0.1) is 5.69 Å². The molecule has 128 valence electrons. The quantitative estimate of drug-likeness (QED) is 0.476. The fourth-order valence-electron chi connectivity index (χ4n) is 3.95. The van der Waals surface area contributed by atoms with E-state index in [4.69, 9.17) is 5.73 Å². The van der Waals surface area contributed by atoms with Gasteiger partial charge in [-0.15, -0.1) is 0 Å². The second-order valence-corrected chi connectivity index (χ2v) is 6.57. The van der Waals surface area contributed by atoms with Crippen LogP contribution in [-0.4, -0.2) is 15.1 Å². The average Bonchev–Trinajstić information content (AvgIpc) is 3.06. The number of hydrogen-bond donors (Lipinski definition) is 2. The Labute approximate surface area is 155 Å². The van der Waals surface area contributed by atoms with Crippen molar-refractivity contribution in [3.8, 4) is 34.2 Å². The number of hydrogen-bond acceptors (Lipinski definition) is 5. The lowest BCUT2D eigenvalue weighted by Gasteiger charge is -2.14. The molecular formula is C22H14N4O. The Balaban J connectivity index is 1.91. The number of nitrogens with two attached hydrogens (primary N) is 1. The predicted molar refractivity (Wildman–Crippen MR) is 104 cm³/mol. The number of phenolic OH excluding ortho intramolecular Hbond substituents is 1. The van der Waals surface area contributed by atoms with Gasteiger partial charge in [-0.1, -0.05) is 30.3 Å². The Hall–Kier alpha value is -3.91. The molecule has 0 saturated carbocycles. The third-order valence-corrected chi connectivity index (χ3v) is 5.15. The number of rotatable bonds is 1. The Morgan fingerprint density at radius 3 is 2.70 bits per heavy atom. The van der Waals surface area contributed by atoms with Gasteiger partial charge >= 0.3 is 0 Å². The maximum Gasteiger partial charge on any atom is 0.142 e. The molecule has 0 fully saturated rings. The molecule has 0 radical (unpaired) electrons. The van der Waals surface area contributed by atoms with Crippen LogP contribution in [0.1, 0.15) is 16.7 Å². The normalized spacial score (nSPS) is 11.8. The van der Waals surface area contributed by atoms with Gasteiger partial charge in [-0.3, -0.25) is 4.98 Å². The lowest BCUT2D eigenvalue weighted by Crippen LogP contribution is -2.02. The van der Waals surface area contributed by atoms with Gasteiger partial charge in [0.2, 0.25) is 0 Å². The highest BCUT2D eigenvalue weighted by Gasteiger charge is 2.29. The van der Waals surface area contributed by atoms with Crippen molar-refractivity contribution in [2.24, 2.45) is 0 Å². The van der Waals surface area contributed by atoms with Gasteiger partial charge in [-0.2, -0.15) is 5.26 Å². The van der Waals surface area contributed by atoms with E-state index in [1.807, 2.05) is 30.3 Å². The Morgan fingerprint density at radius 2 is 1.85 bits per heavy atom. The van der Waals surface area contributed by atoms with E-state index in [0.29, 0.717) is 12.0 Å². The monoisotopic (exact) mass is 350 g/mol. The summed E-state index contributed by atoms with van der Waals surface area (Å²) in [6.07, 6.45) is 4.05. The maximum absolute atomic E-state index is 10.3. The SMILES string of the molecule is N#Cc1c(N)nc2c(c1-c1cccc3cnccc13)Cc1c(O)cccc1-2.